The zero-order valence-corrected chi connectivity index (χ0v) is 9.66. The zero-order valence-electron chi connectivity index (χ0n) is 9.66. The lowest BCUT2D eigenvalue weighted by molar-refractivity contribution is 0.251. The summed E-state index contributed by atoms with van der Waals surface area (Å²) >= 11 is 0. The molecule has 1 atom stereocenters. The molecule has 1 heterocycles. The van der Waals surface area contributed by atoms with E-state index in [4.69, 9.17) is 9.52 Å². The van der Waals surface area contributed by atoms with E-state index in [-0.39, 0.29) is 12.6 Å². The minimum absolute atomic E-state index is 0.105. The fourth-order valence-electron chi connectivity index (χ4n) is 1.78. The fraction of sp³-hybridized carbons (Fsp3) is 0.385. The normalized spacial score (nSPS) is 13.2. The van der Waals surface area contributed by atoms with E-state index in [9.17, 15) is 0 Å². The monoisotopic (exact) mass is 219 g/mol. The molecule has 3 heteroatoms. The van der Waals surface area contributed by atoms with Crippen LogP contribution in [0, 0.1) is 6.92 Å². The van der Waals surface area contributed by atoms with E-state index in [2.05, 4.69) is 11.4 Å². The van der Waals surface area contributed by atoms with Crippen LogP contribution in [0.1, 0.15) is 18.2 Å². The maximum Gasteiger partial charge on any atom is 0.134 e. The maximum absolute atomic E-state index is 8.96. The van der Waals surface area contributed by atoms with Gasteiger partial charge in [-0.05, 0) is 19.9 Å². The number of aliphatic hydroxyl groups is 1. The summed E-state index contributed by atoms with van der Waals surface area (Å²) in [6.45, 7) is 4.80. The first kappa shape index (κ1) is 11.2. The van der Waals surface area contributed by atoms with Crippen LogP contribution in [0.15, 0.2) is 28.7 Å². The summed E-state index contributed by atoms with van der Waals surface area (Å²) in [6, 6.07) is 8.12. The van der Waals surface area contributed by atoms with E-state index in [0.29, 0.717) is 0 Å². The van der Waals surface area contributed by atoms with Crippen molar-refractivity contribution in [3.63, 3.8) is 0 Å². The first-order valence-corrected chi connectivity index (χ1v) is 5.53. The van der Waals surface area contributed by atoms with Crippen molar-refractivity contribution in [3.05, 3.63) is 35.6 Å². The van der Waals surface area contributed by atoms with Crippen molar-refractivity contribution in [3.8, 4) is 0 Å². The van der Waals surface area contributed by atoms with Crippen LogP contribution in [-0.2, 0) is 6.54 Å². The molecule has 0 bridgehead atoms. The molecule has 0 aliphatic heterocycles. The molecule has 86 valence electrons. The summed E-state index contributed by atoms with van der Waals surface area (Å²) in [4.78, 5) is 0. The van der Waals surface area contributed by atoms with Crippen molar-refractivity contribution >= 4 is 11.0 Å². The Morgan fingerprint density at radius 2 is 2.12 bits per heavy atom. The number of benzene rings is 1. The van der Waals surface area contributed by atoms with Crippen LogP contribution < -0.4 is 5.32 Å². The highest BCUT2D eigenvalue weighted by molar-refractivity contribution is 5.82. The Labute approximate surface area is 95.1 Å². The summed E-state index contributed by atoms with van der Waals surface area (Å²) in [6.07, 6.45) is 0. The van der Waals surface area contributed by atoms with E-state index in [1.54, 1.807) is 0 Å². The SMILES string of the molecule is Cc1oc2ccccc2c1CN[C@@H](C)CO. The van der Waals surface area contributed by atoms with Crippen LogP contribution in [0.3, 0.4) is 0 Å². The van der Waals surface area contributed by atoms with Gasteiger partial charge in [0.2, 0.25) is 0 Å². The second-order valence-electron chi connectivity index (χ2n) is 4.10. The van der Waals surface area contributed by atoms with E-state index < -0.39 is 0 Å². The van der Waals surface area contributed by atoms with E-state index >= 15 is 0 Å². The van der Waals surface area contributed by atoms with Gasteiger partial charge in [-0.15, -0.1) is 0 Å². The Bertz CT molecular complexity index is 476. The average Bonchev–Trinajstić information content (AvgIpc) is 2.62. The van der Waals surface area contributed by atoms with Gasteiger partial charge in [0.1, 0.15) is 11.3 Å². The van der Waals surface area contributed by atoms with Crippen LogP contribution in [0.5, 0.6) is 0 Å². The molecule has 0 aliphatic rings. The van der Waals surface area contributed by atoms with Crippen molar-refractivity contribution in [2.45, 2.75) is 26.4 Å². The molecule has 1 aromatic heterocycles. The smallest absolute Gasteiger partial charge is 0.134 e. The maximum atomic E-state index is 8.96. The summed E-state index contributed by atoms with van der Waals surface area (Å²) < 4.78 is 5.66. The van der Waals surface area contributed by atoms with Gasteiger partial charge in [-0.1, -0.05) is 18.2 Å². The number of nitrogens with one attached hydrogen (secondary N) is 1. The molecule has 0 spiro atoms. The van der Waals surface area contributed by atoms with E-state index in [1.165, 1.54) is 5.56 Å². The lowest BCUT2D eigenvalue weighted by Gasteiger charge is -2.09. The molecule has 1 aromatic carbocycles. The number of hydrogen-bond donors (Lipinski definition) is 2. The predicted molar refractivity (Wildman–Crippen MR) is 64.3 cm³/mol. The molecule has 0 unspecified atom stereocenters. The van der Waals surface area contributed by atoms with Gasteiger partial charge in [0, 0.05) is 23.5 Å². The largest absolute Gasteiger partial charge is 0.461 e. The highest BCUT2D eigenvalue weighted by Gasteiger charge is 2.10. The number of rotatable bonds is 4. The van der Waals surface area contributed by atoms with Crippen molar-refractivity contribution in [2.75, 3.05) is 6.61 Å². The molecule has 0 fully saturated rings. The van der Waals surface area contributed by atoms with Gasteiger partial charge in [-0.25, -0.2) is 0 Å². The fourth-order valence-corrected chi connectivity index (χ4v) is 1.78. The molecule has 2 aromatic rings. The molecule has 3 nitrogen and oxygen atoms in total. The number of furan rings is 1. The Morgan fingerprint density at radius 1 is 1.38 bits per heavy atom. The highest BCUT2D eigenvalue weighted by Crippen LogP contribution is 2.24. The van der Waals surface area contributed by atoms with Crippen LogP contribution in [0.2, 0.25) is 0 Å². The standard InChI is InChI=1S/C13H17NO2/c1-9(8-15)14-7-12-10(2)16-13-6-4-3-5-11(12)13/h3-6,9,14-15H,7-8H2,1-2H3/t9-/m0/s1. The molecule has 16 heavy (non-hydrogen) atoms. The lowest BCUT2D eigenvalue weighted by atomic mass is 10.1. The first-order chi connectivity index (χ1) is 7.72. The van der Waals surface area contributed by atoms with Crippen LogP contribution in [0.25, 0.3) is 11.0 Å². The van der Waals surface area contributed by atoms with E-state index in [1.807, 2.05) is 32.0 Å². The third kappa shape index (κ3) is 2.10. The van der Waals surface area contributed by atoms with Gasteiger partial charge in [-0.3, -0.25) is 0 Å². The van der Waals surface area contributed by atoms with Gasteiger partial charge in [0.05, 0.1) is 6.61 Å². The quantitative estimate of drug-likeness (QED) is 0.828. The van der Waals surface area contributed by atoms with Crippen LogP contribution >= 0.6 is 0 Å². The Morgan fingerprint density at radius 3 is 2.88 bits per heavy atom. The number of aliphatic hydroxyl groups excluding tert-OH is 1. The van der Waals surface area contributed by atoms with Crippen molar-refractivity contribution in [1.82, 2.24) is 5.32 Å². The van der Waals surface area contributed by atoms with Crippen molar-refractivity contribution in [2.24, 2.45) is 0 Å². The summed E-state index contributed by atoms with van der Waals surface area (Å²) in [5.74, 6) is 0.943. The Balaban J connectivity index is 2.26. The summed E-state index contributed by atoms with van der Waals surface area (Å²) in [7, 11) is 0. The Hall–Kier alpha value is -1.32. The Kier molecular flexibility index (Phi) is 3.27. The van der Waals surface area contributed by atoms with Gasteiger partial charge in [-0.2, -0.15) is 0 Å². The molecule has 2 N–H and O–H groups in total. The third-order valence-electron chi connectivity index (χ3n) is 2.80. The number of fused-ring (bicyclic) bond motifs is 1. The summed E-state index contributed by atoms with van der Waals surface area (Å²) in [5, 5.41) is 13.4. The van der Waals surface area contributed by atoms with Crippen molar-refractivity contribution in [1.29, 1.82) is 0 Å². The van der Waals surface area contributed by atoms with Gasteiger partial charge in [0.15, 0.2) is 0 Å². The average molecular weight is 219 g/mol. The molecule has 0 radical (unpaired) electrons. The van der Waals surface area contributed by atoms with Gasteiger partial charge < -0.3 is 14.8 Å². The number of hydrogen-bond acceptors (Lipinski definition) is 3. The summed E-state index contributed by atoms with van der Waals surface area (Å²) in [5.41, 5.74) is 2.10. The predicted octanol–water partition coefficient (Wildman–Crippen LogP) is 2.21. The molecular formula is C13H17NO2. The van der Waals surface area contributed by atoms with Crippen molar-refractivity contribution < 1.29 is 9.52 Å². The number of para-hydroxylation sites is 1. The second-order valence-corrected chi connectivity index (χ2v) is 4.10. The first-order valence-electron chi connectivity index (χ1n) is 5.53. The molecule has 0 aliphatic carbocycles. The van der Waals surface area contributed by atoms with Gasteiger partial charge in [0.25, 0.3) is 0 Å². The molecule has 0 saturated carbocycles. The minimum Gasteiger partial charge on any atom is -0.461 e. The van der Waals surface area contributed by atoms with E-state index in [0.717, 1.165) is 23.3 Å². The highest BCUT2D eigenvalue weighted by atomic mass is 16.3. The molecular weight excluding hydrogens is 202 g/mol. The molecule has 0 saturated heterocycles. The minimum atomic E-state index is 0.105. The lowest BCUT2D eigenvalue weighted by Crippen LogP contribution is -2.28. The van der Waals surface area contributed by atoms with Gasteiger partial charge >= 0.3 is 0 Å². The topological polar surface area (TPSA) is 45.4 Å². The molecule has 2 rings (SSSR count). The third-order valence-corrected chi connectivity index (χ3v) is 2.80. The van der Waals surface area contributed by atoms with Crippen LogP contribution in [-0.4, -0.2) is 17.8 Å². The van der Waals surface area contributed by atoms with Crippen LogP contribution in [0.4, 0.5) is 0 Å². The zero-order chi connectivity index (χ0) is 11.5. The second kappa shape index (κ2) is 4.68. The number of aryl methyl sites for hydroxylation is 1. The molecule has 0 amide bonds.